The zero-order chi connectivity index (χ0) is 20.4. The molecule has 3 amide bonds. The third-order valence-corrected chi connectivity index (χ3v) is 4.48. The molecule has 0 spiro atoms. The number of hydrogen-bond acceptors (Lipinski definition) is 5. The zero-order valence-corrected chi connectivity index (χ0v) is 15.4. The third-order valence-electron chi connectivity index (χ3n) is 4.48. The number of amides is 3. The largest absolute Gasteiger partial charge is 0.324 e. The Morgan fingerprint density at radius 2 is 1.57 bits per heavy atom. The molecule has 0 fully saturated rings. The molecule has 1 N–H and O–H groups in total. The molecule has 1 unspecified atom stereocenters. The summed E-state index contributed by atoms with van der Waals surface area (Å²) < 4.78 is 0. The number of anilines is 1. The number of imide groups is 1. The predicted octanol–water partition coefficient (Wildman–Crippen LogP) is 3.24. The number of carbonyl (C=O) groups is 3. The van der Waals surface area contributed by atoms with Gasteiger partial charge >= 0.3 is 0 Å². The first-order valence-corrected chi connectivity index (χ1v) is 8.82. The molecule has 2 aromatic rings. The van der Waals surface area contributed by atoms with Crippen LogP contribution in [0.25, 0.3) is 0 Å². The van der Waals surface area contributed by atoms with Crippen molar-refractivity contribution in [1.82, 2.24) is 4.90 Å². The number of nitrogens with zero attached hydrogens (tertiary/aromatic N) is 2. The molecule has 0 aliphatic carbocycles. The lowest BCUT2D eigenvalue weighted by Crippen LogP contribution is -2.47. The van der Waals surface area contributed by atoms with E-state index in [0.717, 1.165) is 4.90 Å². The standard InChI is InChI=1S/C20H19N3O5/c1-12(2)11-17(18(24)21-13-7-9-14(10-8-13)23(27)28)22-19(25)15-5-3-4-6-16(15)20(22)26/h3-10,12,17H,11H2,1-2H3,(H,21,24). The van der Waals surface area contributed by atoms with Gasteiger partial charge in [-0.3, -0.25) is 29.4 Å². The first-order chi connectivity index (χ1) is 13.3. The van der Waals surface area contributed by atoms with Crippen molar-refractivity contribution in [2.75, 3.05) is 5.32 Å². The molecule has 1 aliphatic heterocycles. The van der Waals surface area contributed by atoms with Crippen LogP contribution in [0.3, 0.4) is 0 Å². The number of carbonyl (C=O) groups excluding carboxylic acids is 3. The predicted molar refractivity (Wildman–Crippen MR) is 102 cm³/mol. The first-order valence-electron chi connectivity index (χ1n) is 8.82. The Morgan fingerprint density at radius 3 is 2.04 bits per heavy atom. The van der Waals surface area contributed by atoms with Crippen LogP contribution >= 0.6 is 0 Å². The molecule has 1 atom stereocenters. The molecule has 0 saturated heterocycles. The van der Waals surface area contributed by atoms with Crippen LogP contribution in [0.5, 0.6) is 0 Å². The van der Waals surface area contributed by atoms with Crippen molar-refractivity contribution in [3.05, 3.63) is 69.8 Å². The molecule has 0 aromatic heterocycles. The average Bonchev–Trinajstić information content (AvgIpc) is 2.91. The molecule has 8 nitrogen and oxygen atoms in total. The van der Waals surface area contributed by atoms with E-state index in [1.165, 1.54) is 24.3 Å². The highest BCUT2D eigenvalue weighted by atomic mass is 16.6. The fourth-order valence-electron chi connectivity index (χ4n) is 3.16. The van der Waals surface area contributed by atoms with Crippen molar-refractivity contribution in [2.24, 2.45) is 5.92 Å². The minimum Gasteiger partial charge on any atom is -0.324 e. The van der Waals surface area contributed by atoms with Gasteiger partial charge in [0.1, 0.15) is 6.04 Å². The smallest absolute Gasteiger partial charge is 0.269 e. The van der Waals surface area contributed by atoms with Crippen LogP contribution in [0.2, 0.25) is 0 Å². The van der Waals surface area contributed by atoms with Gasteiger partial charge in [-0.25, -0.2) is 0 Å². The van der Waals surface area contributed by atoms with E-state index < -0.39 is 28.7 Å². The maximum atomic E-state index is 12.9. The van der Waals surface area contributed by atoms with E-state index in [0.29, 0.717) is 12.1 Å². The van der Waals surface area contributed by atoms with Gasteiger partial charge in [-0.1, -0.05) is 26.0 Å². The molecule has 3 rings (SSSR count). The normalized spacial score (nSPS) is 14.2. The zero-order valence-electron chi connectivity index (χ0n) is 15.4. The van der Waals surface area contributed by atoms with E-state index in [2.05, 4.69) is 5.32 Å². The SMILES string of the molecule is CC(C)CC(C(=O)Nc1ccc([N+](=O)[O-])cc1)N1C(=O)c2ccccc2C1=O. The van der Waals surface area contributed by atoms with Crippen molar-refractivity contribution >= 4 is 29.1 Å². The fraction of sp³-hybridized carbons (Fsp3) is 0.250. The van der Waals surface area contributed by atoms with E-state index in [1.807, 2.05) is 13.8 Å². The van der Waals surface area contributed by atoms with Crippen molar-refractivity contribution in [1.29, 1.82) is 0 Å². The van der Waals surface area contributed by atoms with Crippen LogP contribution in [0.1, 0.15) is 41.0 Å². The number of benzene rings is 2. The number of fused-ring (bicyclic) bond motifs is 1. The van der Waals surface area contributed by atoms with Crippen LogP contribution in [0, 0.1) is 16.0 Å². The molecule has 2 aromatic carbocycles. The van der Waals surface area contributed by atoms with E-state index in [1.54, 1.807) is 24.3 Å². The Morgan fingerprint density at radius 1 is 1.04 bits per heavy atom. The third kappa shape index (κ3) is 3.62. The summed E-state index contributed by atoms with van der Waals surface area (Å²) >= 11 is 0. The molecule has 0 bridgehead atoms. The Labute approximate surface area is 161 Å². The molecular formula is C20H19N3O5. The minimum atomic E-state index is -0.984. The van der Waals surface area contributed by atoms with Crippen molar-refractivity contribution in [2.45, 2.75) is 26.3 Å². The molecule has 0 saturated carbocycles. The molecule has 0 radical (unpaired) electrons. The van der Waals surface area contributed by atoms with Gasteiger partial charge in [0, 0.05) is 17.8 Å². The lowest BCUT2D eigenvalue weighted by Gasteiger charge is -2.26. The van der Waals surface area contributed by atoms with Crippen LogP contribution in [-0.2, 0) is 4.79 Å². The van der Waals surface area contributed by atoms with Gasteiger partial charge in [-0.05, 0) is 36.6 Å². The van der Waals surface area contributed by atoms with Crippen molar-refractivity contribution in [3.63, 3.8) is 0 Å². The van der Waals surface area contributed by atoms with Gasteiger partial charge in [-0.2, -0.15) is 0 Å². The molecule has 1 aliphatic rings. The second-order valence-corrected chi connectivity index (χ2v) is 6.96. The number of nitrogens with one attached hydrogen (secondary N) is 1. The number of nitro groups is 1. The second-order valence-electron chi connectivity index (χ2n) is 6.96. The summed E-state index contributed by atoms with van der Waals surface area (Å²) in [6, 6.07) is 10.8. The van der Waals surface area contributed by atoms with Crippen LogP contribution in [-0.4, -0.2) is 33.6 Å². The number of non-ortho nitro benzene ring substituents is 1. The van der Waals surface area contributed by atoms with E-state index >= 15 is 0 Å². The van der Waals surface area contributed by atoms with Gasteiger partial charge in [0.25, 0.3) is 17.5 Å². The lowest BCUT2D eigenvalue weighted by atomic mass is 10.0. The molecule has 8 heteroatoms. The van der Waals surface area contributed by atoms with Gasteiger partial charge in [0.15, 0.2) is 0 Å². The first kappa shape index (κ1) is 19.2. The monoisotopic (exact) mass is 381 g/mol. The van der Waals surface area contributed by atoms with Crippen molar-refractivity contribution in [3.8, 4) is 0 Å². The number of hydrogen-bond donors (Lipinski definition) is 1. The van der Waals surface area contributed by atoms with E-state index in [4.69, 9.17) is 0 Å². The summed E-state index contributed by atoms with van der Waals surface area (Å²) in [6.07, 6.45) is 0.296. The highest BCUT2D eigenvalue weighted by molar-refractivity contribution is 6.23. The molecule has 144 valence electrons. The van der Waals surface area contributed by atoms with Crippen LogP contribution in [0.15, 0.2) is 48.5 Å². The van der Waals surface area contributed by atoms with Crippen LogP contribution in [0.4, 0.5) is 11.4 Å². The average molecular weight is 381 g/mol. The Balaban J connectivity index is 1.86. The van der Waals surface area contributed by atoms with Gasteiger partial charge in [-0.15, -0.1) is 0 Å². The fourth-order valence-corrected chi connectivity index (χ4v) is 3.16. The number of nitro benzene ring substituents is 1. The second kappa shape index (κ2) is 7.59. The Kier molecular flexibility index (Phi) is 5.21. The van der Waals surface area contributed by atoms with Gasteiger partial charge in [0.05, 0.1) is 16.1 Å². The molecular weight excluding hydrogens is 362 g/mol. The minimum absolute atomic E-state index is 0.0527. The molecule has 1 heterocycles. The summed E-state index contributed by atoms with van der Waals surface area (Å²) in [5.41, 5.74) is 0.812. The topological polar surface area (TPSA) is 110 Å². The number of rotatable bonds is 6. The van der Waals surface area contributed by atoms with Crippen molar-refractivity contribution < 1.29 is 19.3 Å². The Hall–Kier alpha value is -3.55. The quantitative estimate of drug-likeness (QED) is 0.469. The van der Waals surface area contributed by atoms with Gasteiger partial charge < -0.3 is 5.32 Å². The Bertz CT molecular complexity index is 918. The summed E-state index contributed by atoms with van der Waals surface area (Å²) in [6.45, 7) is 3.79. The van der Waals surface area contributed by atoms with Gasteiger partial charge in [0.2, 0.25) is 5.91 Å². The molecule has 28 heavy (non-hydrogen) atoms. The summed E-state index contributed by atoms with van der Waals surface area (Å²) in [5, 5.41) is 13.4. The van der Waals surface area contributed by atoms with Crippen LogP contribution < -0.4 is 5.32 Å². The lowest BCUT2D eigenvalue weighted by molar-refractivity contribution is -0.384. The summed E-state index contributed by atoms with van der Waals surface area (Å²) in [7, 11) is 0. The maximum absolute atomic E-state index is 12.9. The summed E-state index contributed by atoms with van der Waals surface area (Å²) in [4.78, 5) is 49.6. The summed E-state index contributed by atoms with van der Waals surface area (Å²) in [5.74, 6) is -1.45. The highest BCUT2D eigenvalue weighted by Gasteiger charge is 2.42. The van der Waals surface area contributed by atoms with E-state index in [9.17, 15) is 24.5 Å². The van der Waals surface area contributed by atoms with E-state index in [-0.39, 0.29) is 22.7 Å². The maximum Gasteiger partial charge on any atom is 0.269 e. The highest BCUT2D eigenvalue weighted by Crippen LogP contribution is 2.27.